The van der Waals surface area contributed by atoms with Crippen molar-refractivity contribution in [1.29, 1.82) is 0 Å². The maximum Gasteiger partial charge on any atom is 0.218 e. The molecule has 1 aromatic heterocycles. The van der Waals surface area contributed by atoms with Gasteiger partial charge in [-0.2, -0.15) is 4.39 Å². The van der Waals surface area contributed by atoms with Crippen molar-refractivity contribution >= 4 is 0 Å². The third-order valence-electron chi connectivity index (χ3n) is 3.07. The molecular formula is C11H15FN2O. The molecule has 1 N–H and O–H groups in total. The van der Waals surface area contributed by atoms with E-state index in [1.807, 2.05) is 7.05 Å². The maximum atomic E-state index is 13.4. The number of rotatable bonds is 1. The van der Waals surface area contributed by atoms with Crippen molar-refractivity contribution in [2.45, 2.75) is 18.4 Å². The summed E-state index contributed by atoms with van der Waals surface area (Å²) < 4.78 is 13.4. The smallest absolute Gasteiger partial charge is 0.218 e. The van der Waals surface area contributed by atoms with Gasteiger partial charge in [-0.25, -0.2) is 4.98 Å². The van der Waals surface area contributed by atoms with Crippen LogP contribution in [0.1, 0.15) is 18.4 Å². The molecule has 0 amide bonds. The molecule has 15 heavy (non-hydrogen) atoms. The normalized spacial score (nSPS) is 21.5. The molecular weight excluding hydrogens is 195 g/mol. The molecule has 0 radical (unpaired) electrons. The highest BCUT2D eigenvalue weighted by Gasteiger charge is 2.35. The Kier molecular flexibility index (Phi) is 2.71. The highest BCUT2D eigenvalue weighted by Crippen LogP contribution is 2.32. The monoisotopic (exact) mass is 210 g/mol. The van der Waals surface area contributed by atoms with E-state index in [0.717, 1.165) is 13.1 Å². The van der Waals surface area contributed by atoms with E-state index in [0.29, 0.717) is 18.4 Å². The van der Waals surface area contributed by atoms with Gasteiger partial charge in [-0.3, -0.25) is 0 Å². The Morgan fingerprint density at radius 3 is 2.73 bits per heavy atom. The predicted octanol–water partition coefficient (Wildman–Crippen LogP) is 1.13. The lowest BCUT2D eigenvalue weighted by molar-refractivity contribution is -0.0235. The van der Waals surface area contributed by atoms with Gasteiger partial charge in [0.2, 0.25) is 5.95 Å². The van der Waals surface area contributed by atoms with E-state index in [2.05, 4.69) is 9.88 Å². The SMILES string of the molecule is CN1CCC(O)(c2cccnc2F)CC1. The van der Waals surface area contributed by atoms with Gasteiger partial charge in [0.1, 0.15) is 0 Å². The van der Waals surface area contributed by atoms with Crippen LogP contribution in [0.25, 0.3) is 0 Å². The summed E-state index contributed by atoms with van der Waals surface area (Å²) in [5.41, 5.74) is -0.705. The number of halogens is 1. The zero-order valence-corrected chi connectivity index (χ0v) is 8.78. The zero-order valence-electron chi connectivity index (χ0n) is 8.78. The van der Waals surface area contributed by atoms with E-state index >= 15 is 0 Å². The van der Waals surface area contributed by atoms with Crippen LogP contribution >= 0.6 is 0 Å². The van der Waals surface area contributed by atoms with Gasteiger partial charge in [0.15, 0.2) is 0 Å². The van der Waals surface area contributed by atoms with Crippen LogP contribution in [0.4, 0.5) is 4.39 Å². The van der Waals surface area contributed by atoms with Crippen LogP contribution in [-0.4, -0.2) is 35.1 Å². The van der Waals surface area contributed by atoms with E-state index < -0.39 is 11.5 Å². The summed E-state index contributed by atoms with van der Waals surface area (Å²) in [4.78, 5) is 5.71. The van der Waals surface area contributed by atoms with Gasteiger partial charge in [0.05, 0.1) is 5.60 Å². The lowest BCUT2D eigenvalue weighted by atomic mass is 9.85. The topological polar surface area (TPSA) is 36.4 Å². The fourth-order valence-corrected chi connectivity index (χ4v) is 1.99. The van der Waals surface area contributed by atoms with E-state index in [1.54, 1.807) is 12.1 Å². The first-order valence-corrected chi connectivity index (χ1v) is 5.14. The molecule has 0 aromatic carbocycles. The number of piperidine rings is 1. The Balaban J connectivity index is 2.26. The molecule has 0 unspecified atom stereocenters. The van der Waals surface area contributed by atoms with E-state index in [-0.39, 0.29) is 0 Å². The Morgan fingerprint density at radius 1 is 1.47 bits per heavy atom. The minimum atomic E-state index is -1.04. The molecule has 3 nitrogen and oxygen atoms in total. The van der Waals surface area contributed by atoms with Gasteiger partial charge < -0.3 is 10.0 Å². The summed E-state index contributed by atoms with van der Waals surface area (Å²) in [5.74, 6) is -0.551. The first-order chi connectivity index (χ1) is 7.12. The second-order valence-corrected chi connectivity index (χ2v) is 4.18. The Bertz CT molecular complexity index is 348. The number of hydrogen-bond acceptors (Lipinski definition) is 3. The molecule has 1 aliphatic heterocycles. The van der Waals surface area contributed by atoms with E-state index in [1.165, 1.54) is 6.20 Å². The van der Waals surface area contributed by atoms with Gasteiger partial charge in [-0.1, -0.05) is 6.07 Å². The number of aliphatic hydroxyl groups is 1. The van der Waals surface area contributed by atoms with E-state index in [9.17, 15) is 9.50 Å². The molecule has 0 saturated carbocycles. The van der Waals surface area contributed by atoms with Gasteiger partial charge in [0.25, 0.3) is 0 Å². The standard InChI is InChI=1S/C11H15FN2O/c1-14-7-4-11(15,5-8-14)9-3-2-6-13-10(9)12/h2-3,6,15H,4-5,7-8H2,1H3. The Morgan fingerprint density at radius 2 is 2.13 bits per heavy atom. The predicted molar refractivity (Wildman–Crippen MR) is 54.8 cm³/mol. The fraction of sp³-hybridized carbons (Fsp3) is 0.545. The molecule has 1 aliphatic rings. The molecule has 0 bridgehead atoms. The molecule has 0 aliphatic carbocycles. The van der Waals surface area contributed by atoms with Crippen LogP contribution in [0, 0.1) is 5.95 Å². The number of hydrogen-bond donors (Lipinski definition) is 1. The van der Waals surface area contributed by atoms with Crippen molar-refractivity contribution in [3.8, 4) is 0 Å². The van der Waals surface area contributed by atoms with Crippen molar-refractivity contribution in [2.24, 2.45) is 0 Å². The summed E-state index contributed by atoms with van der Waals surface area (Å²) in [5, 5.41) is 10.3. The second-order valence-electron chi connectivity index (χ2n) is 4.18. The minimum Gasteiger partial charge on any atom is -0.385 e. The van der Waals surface area contributed by atoms with Crippen molar-refractivity contribution < 1.29 is 9.50 Å². The van der Waals surface area contributed by atoms with Crippen LogP contribution in [0.15, 0.2) is 18.3 Å². The first kappa shape index (κ1) is 10.5. The van der Waals surface area contributed by atoms with Gasteiger partial charge >= 0.3 is 0 Å². The van der Waals surface area contributed by atoms with E-state index in [4.69, 9.17) is 0 Å². The Labute approximate surface area is 88.6 Å². The molecule has 2 heterocycles. The third kappa shape index (κ3) is 2.01. The highest BCUT2D eigenvalue weighted by atomic mass is 19.1. The minimum absolute atomic E-state index is 0.332. The quantitative estimate of drug-likeness (QED) is 0.706. The summed E-state index contributed by atoms with van der Waals surface area (Å²) >= 11 is 0. The van der Waals surface area contributed by atoms with Crippen LogP contribution in [0.2, 0.25) is 0 Å². The molecule has 1 fully saturated rings. The molecule has 1 saturated heterocycles. The second kappa shape index (κ2) is 3.87. The average molecular weight is 210 g/mol. The van der Waals surface area contributed by atoms with Gasteiger partial charge in [-0.15, -0.1) is 0 Å². The maximum absolute atomic E-state index is 13.4. The summed E-state index contributed by atoms with van der Waals surface area (Å²) in [6.07, 6.45) is 2.52. The fourth-order valence-electron chi connectivity index (χ4n) is 1.99. The largest absolute Gasteiger partial charge is 0.385 e. The zero-order chi connectivity index (χ0) is 10.9. The molecule has 4 heteroatoms. The lowest BCUT2D eigenvalue weighted by Gasteiger charge is -2.36. The van der Waals surface area contributed by atoms with Gasteiger partial charge in [-0.05, 0) is 26.0 Å². The first-order valence-electron chi connectivity index (χ1n) is 5.14. The number of likely N-dealkylation sites (tertiary alicyclic amines) is 1. The summed E-state index contributed by atoms with van der Waals surface area (Å²) in [6, 6.07) is 3.28. The van der Waals surface area contributed by atoms with Crippen molar-refractivity contribution in [2.75, 3.05) is 20.1 Å². The van der Waals surface area contributed by atoms with Crippen LogP contribution in [0.3, 0.4) is 0 Å². The van der Waals surface area contributed by atoms with Crippen molar-refractivity contribution in [1.82, 2.24) is 9.88 Å². The highest BCUT2D eigenvalue weighted by molar-refractivity contribution is 5.20. The number of aromatic nitrogens is 1. The summed E-state index contributed by atoms with van der Waals surface area (Å²) in [7, 11) is 2.00. The Hall–Kier alpha value is -1.00. The molecule has 0 spiro atoms. The molecule has 82 valence electrons. The van der Waals surface area contributed by atoms with Crippen LogP contribution < -0.4 is 0 Å². The number of pyridine rings is 1. The van der Waals surface area contributed by atoms with Crippen LogP contribution in [-0.2, 0) is 5.60 Å². The average Bonchev–Trinajstić information content (AvgIpc) is 2.23. The van der Waals surface area contributed by atoms with Crippen molar-refractivity contribution in [3.63, 3.8) is 0 Å². The van der Waals surface area contributed by atoms with Gasteiger partial charge in [0, 0.05) is 24.8 Å². The summed E-state index contributed by atoms with van der Waals surface area (Å²) in [6.45, 7) is 1.57. The molecule has 0 atom stereocenters. The van der Waals surface area contributed by atoms with Crippen LogP contribution in [0.5, 0.6) is 0 Å². The number of nitrogens with zero attached hydrogens (tertiary/aromatic N) is 2. The molecule has 1 aromatic rings. The lowest BCUT2D eigenvalue weighted by Crippen LogP contribution is -2.41. The third-order valence-corrected chi connectivity index (χ3v) is 3.07. The van der Waals surface area contributed by atoms with Crippen molar-refractivity contribution in [3.05, 3.63) is 29.8 Å². The molecule has 2 rings (SSSR count).